The van der Waals surface area contributed by atoms with Crippen LogP contribution in [-0.4, -0.2) is 56.0 Å². The minimum atomic E-state index is -1.34. The summed E-state index contributed by atoms with van der Waals surface area (Å²) in [6.45, 7) is 0. The third-order valence-corrected chi connectivity index (χ3v) is 5.67. The molecule has 3 rings (SSSR count). The highest BCUT2D eigenvalue weighted by Crippen LogP contribution is 2.40. The van der Waals surface area contributed by atoms with Crippen LogP contribution in [0.25, 0.3) is 0 Å². The zero-order chi connectivity index (χ0) is 20.4. The van der Waals surface area contributed by atoms with E-state index in [1.165, 1.54) is 17.8 Å². The Morgan fingerprint density at radius 1 is 1.25 bits per heavy atom. The molecule has 2 aliphatic heterocycles. The van der Waals surface area contributed by atoms with Crippen LogP contribution in [0.1, 0.15) is 11.6 Å². The Morgan fingerprint density at radius 2 is 1.93 bits per heavy atom. The standard InChI is InChI=1S/C18H17N3O6S/c19-12(9-4-2-1-3-5-9)15(24)20-13-16(25)21-14(18(26)27)10(6-7-11(22)23)8-28-17(13)21/h1-7,12-13,17H,8,19H2,(H,20,24)(H,22,23)(H,26,27)/t12?,13?,17-/m0/s1. The highest BCUT2D eigenvalue weighted by Gasteiger charge is 2.54. The van der Waals surface area contributed by atoms with Crippen LogP contribution in [0, 0.1) is 0 Å². The number of carboxylic acids is 2. The van der Waals surface area contributed by atoms with Gasteiger partial charge < -0.3 is 21.3 Å². The number of carboxylic acid groups (broad SMARTS) is 2. The summed E-state index contributed by atoms with van der Waals surface area (Å²) in [5.41, 5.74) is 6.47. The fraction of sp³-hybridized carbons (Fsp3) is 0.222. The molecule has 2 aliphatic rings. The van der Waals surface area contributed by atoms with E-state index in [-0.39, 0.29) is 17.0 Å². The average molecular weight is 403 g/mol. The Bertz CT molecular complexity index is 898. The first-order chi connectivity index (χ1) is 13.3. The summed E-state index contributed by atoms with van der Waals surface area (Å²) in [7, 11) is 0. The molecule has 0 aliphatic carbocycles. The molecule has 3 atom stereocenters. The van der Waals surface area contributed by atoms with Crippen molar-refractivity contribution in [3.05, 3.63) is 59.3 Å². The molecule has 146 valence electrons. The lowest BCUT2D eigenvalue weighted by atomic mass is 10.0. The predicted octanol–water partition coefficient (Wildman–Crippen LogP) is 0.0658. The number of thioether (sulfide) groups is 1. The fourth-order valence-electron chi connectivity index (χ4n) is 3.00. The Kier molecular flexibility index (Phi) is 5.52. The smallest absolute Gasteiger partial charge is 0.352 e. The van der Waals surface area contributed by atoms with Crippen molar-refractivity contribution >= 4 is 35.5 Å². The largest absolute Gasteiger partial charge is 0.478 e. The maximum Gasteiger partial charge on any atom is 0.352 e. The molecule has 0 radical (unpaired) electrons. The van der Waals surface area contributed by atoms with Gasteiger partial charge in [0.2, 0.25) is 5.91 Å². The van der Waals surface area contributed by atoms with E-state index in [1.807, 2.05) is 0 Å². The van der Waals surface area contributed by atoms with Gasteiger partial charge in [-0.2, -0.15) is 0 Å². The molecule has 0 bridgehead atoms. The first-order valence-corrected chi connectivity index (χ1v) is 9.29. The molecule has 0 spiro atoms. The maximum atomic E-state index is 12.5. The molecular weight excluding hydrogens is 386 g/mol. The number of amides is 2. The second-order valence-corrected chi connectivity index (χ2v) is 7.24. The quantitative estimate of drug-likeness (QED) is 0.385. The topological polar surface area (TPSA) is 150 Å². The number of hydrogen-bond donors (Lipinski definition) is 4. The van der Waals surface area contributed by atoms with Gasteiger partial charge in [0.15, 0.2) is 0 Å². The normalized spacial score (nSPS) is 22.5. The molecular formula is C18H17N3O6S. The number of benzene rings is 1. The van der Waals surface area contributed by atoms with Crippen molar-refractivity contribution in [3.63, 3.8) is 0 Å². The van der Waals surface area contributed by atoms with Crippen LogP contribution in [0.15, 0.2) is 53.8 Å². The molecule has 1 saturated heterocycles. The summed E-state index contributed by atoms with van der Waals surface area (Å²) in [6.07, 6.45) is 1.99. The molecule has 28 heavy (non-hydrogen) atoms. The van der Waals surface area contributed by atoms with Crippen molar-refractivity contribution in [1.29, 1.82) is 0 Å². The van der Waals surface area contributed by atoms with E-state index in [9.17, 15) is 24.3 Å². The fourth-order valence-corrected chi connectivity index (χ4v) is 4.32. The van der Waals surface area contributed by atoms with Crippen molar-refractivity contribution < 1.29 is 29.4 Å². The van der Waals surface area contributed by atoms with Gasteiger partial charge in [0.1, 0.15) is 23.2 Å². The van der Waals surface area contributed by atoms with Crippen LogP contribution in [0.2, 0.25) is 0 Å². The minimum Gasteiger partial charge on any atom is -0.478 e. The summed E-state index contributed by atoms with van der Waals surface area (Å²) >= 11 is 1.24. The zero-order valence-electron chi connectivity index (χ0n) is 14.4. The van der Waals surface area contributed by atoms with Gasteiger partial charge in [0.05, 0.1) is 0 Å². The van der Waals surface area contributed by atoms with Crippen molar-refractivity contribution in [2.75, 3.05) is 5.75 Å². The number of β-lactam (4-membered cyclic amide) rings is 1. The number of rotatable bonds is 6. The predicted molar refractivity (Wildman–Crippen MR) is 99.8 cm³/mol. The van der Waals surface area contributed by atoms with Crippen LogP contribution in [0.5, 0.6) is 0 Å². The molecule has 2 heterocycles. The molecule has 10 heteroatoms. The molecule has 1 fully saturated rings. The number of aliphatic carboxylic acids is 2. The summed E-state index contributed by atoms with van der Waals surface area (Å²) < 4.78 is 0. The summed E-state index contributed by atoms with van der Waals surface area (Å²) in [5, 5.41) is 20.2. The lowest BCUT2D eigenvalue weighted by molar-refractivity contribution is -0.150. The van der Waals surface area contributed by atoms with Crippen LogP contribution in [0.4, 0.5) is 0 Å². The van der Waals surface area contributed by atoms with Crippen LogP contribution in [0.3, 0.4) is 0 Å². The number of carbonyl (C=O) groups excluding carboxylic acids is 2. The van der Waals surface area contributed by atoms with Crippen LogP contribution in [-0.2, 0) is 19.2 Å². The van der Waals surface area contributed by atoms with Gasteiger partial charge in [-0.3, -0.25) is 14.5 Å². The average Bonchev–Trinajstić information content (AvgIpc) is 2.69. The van der Waals surface area contributed by atoms with E-state index in [1.54, 1.807) is 30.3 Å². The number of nitrogens with zero attached hydrogens (tertiary/aromatic N) is 1. The lowest BCUT2D eigenvalue weighted by Crippen LogP contribution is -2.71. The number of nitrogens with two attached hydrogens (primary N) is 1. The number of hydrogen-bond acceptors (Lipinski definition) is 6. The van der Waals surface area contributed by atoms with Gasteiger partial charge in [-0.25, -0.2) is 9.59 Å². The van der Waals surface area contributed by atoms with Gasteiger partial charge in [-0.1, -0.05) is 30.3 Å². The molecule has 2 unspecified atom stereocenters. The summed E-state index contributed by atoms with van der Waals surface area (Å²) in [5.74, 6) is -3.49. The van der Waals surface area contributed by atoms with E-state index in [0.717, 1.165) is 11.0 Å². The van der Waals surface area contributed by atoms with Gasteiger partial charge >= 0.3 is 11.9 Å². The molecule has 0 aromatic heterocycles. The van der Waals surface area contributed by atoms with Gasteiger partial charge in [0.25, 0.3) is 5.91 Å². The Balaban J connectivity index is 1.76. The van der Waals surface area contributed by atoms with Crippen molar-refractivity contribution in [1.82, 2.24) is 10.2 Å². The SMILES string of the molecule is NC(C(=O)NC1C(=O)N2C(C(=O)O)=C(C=CC(=O)O)CS[C@@H]12)c1ccccc1. The van der Waals surface area contributed by atoms with Crippen molar-refractivity contribution in [3.8, 4) is 0 Å². The van der Waals surface area contributed by atoms with E-state index in [0.29, 0.717) is 5.56 Å². The second kappa shape index (κ2) is 7.87. The molecule has 9 nitrogen and oxygen atoms in total. The number of carbonyl (C=O) groups is 4. The van der Waals surface area contributed by atoms with Crippen LogP contribution < -0.4 is 11.1 Å². The Morgan fingerprint density at radius 3 is 2.54 bits per heavy atom. The highest BCUT2D eigenvalue weighted by atomic mass is 32.2. The Hall–Kier alpha value is -3.11. The van der Waals surface area contributed by atoms with Gasteiger partial charge in [0, 0.05) is 11.8 Å². The third-order valence-electron chi connectivity index (χ3n) is 4.37. The zero-order valence-corrected chi connectivity index (χ0v) is 15.3. The van der Waals surface area contributed by atoms with E-state index in [4.69, 9.17) is 10.8 Å². The second-order valence-electron chi connectivity index (χ2n) is 6.13. The van der Waals surface area contributed by atoms with E-state index >= 15 is 0 Å². The summed E-state index contributed by atoms with van der Waals surface area (Å²) in [6, 6.07) is 6.81. The van der Waals surface area contributed by atoms with E-state index in [2.05, 4.69) is 5.32 Å². The molecule has 1 aromatic carbocycles. The van der Waals surface area contributed by atoms with Crippen LogP contribution >= 0.6 is 11.8 Å². The number of allylic oxidation sites excluding steroid dienone is 1. The lowest BCUT2D eigenvalue weighted by Gasteiger charge is -2.49. The van der Waals surface area contributed by atoms with Crippen molar-refractivity contribution in [2.45, 2.75) is 17.5 Å². The number of nitrogens with one attached hydrogen (secondary N) is 1. The highest BCUT2D eigenvalue weighted by molar-refractivity contribution is 8.00. The molecule has 1 aromatic rings. The van der Waals surface area contributed by atoms with Crippen molar-refractivity contribution in [2.24, 2.45) is 5.73 Å². The van der Waals surface area contributed by atoms with Gasteiger partial charge in [-0.05, 0) is 17.2 Å². The molecule has 0 saturated carbocycles. The number of fused-ring (bicyclic) bond motifs is 1. The first kappa shape index (κ1) is 19.6. The Labute approximate surface area is 163 Å². The monoisotopic (exact) mass is 403 g/mol. The summed E-state index contributed by atoms with van der Waals surface area (Å²) in [4.78, 5) is 48.3. The molecule has 2 amide bonds. The molecule has 5 N–H and O–H groups in total. The van der Waals surface area contributed by atoms with Gasteiger partial charge in [-0.15, -0.1) is 11.8 Å². The maximum absolute atomic E-state index is 12.5. The third kappa shape index (κ3) is 3.64. The minimum absolute atomic E-state index is 0.191. The van der Waals surface area contributed by atoms with E-state index < -0.39 is 41.2 Å². The first-order valence-electron chi connectivity index (χ1n) is 8.24.